The fourth-order valence-corrected chi connectivity index (χ4v) is 2.52. The van der Waals surface area contributed by atoms with E-state index in [9.17, 15) is 0 Å². The maximum absolute atomic E-state index is 5.91. The zero-order valence-corrected chi connectivity index (χ0v) is 15.4. The van der Waals surface area contributed by atoms with E-state index in [0.717, 1.165) is 41.5 Å². The van der Waals surface area contributed by atoms with Gasteiger partial charge in [0.1, 0.15) is 12.4 Å². The number of para-hydroxylation sites is 1. The van der Waals surface area contributed by atoms with Gasteiger partial charge >= 0.3 is 0 Å². The van der Waals surface area contributed by atoms with Crippen LogP contribution < -0.4 is 15.4 Å². The highest BCUT2D eigenvalue weighted by atomic mass is 16.5. The molecule has 2 aromatic rings. The lowest BCUT2D eigenvalue weighted by Gasteiger charge is -2.14. The Hall–Kier alpha value is -2.56. The summed E-state index contributed by atoms with van der Waals surface area (Å²) in [5, 5.41) is 6.56. The van der Waals surface area contributed by atoms with Gasteiger partial charge in [-0.3, -0.25) is 9.98 Å². The summed E-state index contributed by atoms with van der Waals surface area (Å²) in [5.74, 6) is 1.78. The van der Waals surface area contributed by atoms with Crippen LogP contribution in [0.3, 0.4) is 0 Å². The van der Waals surface area contributed by atoms with E-state index in [1.54, 1.807) is 0 Å². The Morgan fingerprint density at radius 1 is 1.08 bits per heavy atom. The number of ether oxygens (including phenoxy) is 1. The molecule has 1 aromatic carbocycles. The number of nitrogens with zero attached hydrogens (tertiary/aromatic N) is 2. The fourth-order valence-electron chi connectivity index (χ4n) is 2.52. The van der Waals surface area contributed by atoms with Crippen LogP contribution in [0.5, 0.6) is 5.75 Å². The Labute approximate surface area is 150 Å². The number of aliphatic imine (C=N–C) groups is 1. The first-order chi connectivity index (χ1) is 12.2. The third-order valence-corrected chi connectivity index (χ3v) is 3.76. The summed E-state index contributed by atoms with van der Waals surface area (Å²) in [6.45, 7) is 9.01. The second-order valence-electron chi connectivity index (χ2n) is 5.83. The number of hydrogen-bond acceptors (Lipinski definition) is 3. The molecule has 0 spiro atoms. The van der Waals surface area contributed by atoms with Crippen LogP contribution in [0.15, 0.2) is 47.6 Å². The predicted molar refractivity (Wildman–Crippen MR) is 103 cm³/mol. The van der Waals surface area contributed by atoms with E-state index in [1.807, 2.05) is 30.5 Å². The maximum atomic E-state index is 5.91. The number of aryl methyl sites for hydroxylation is 2. The molecule has 5 nitrogen and oxygen atoms in total. The molecule has 0 radical (unpaired) electrons. The fraction of sp³-hybridized carbons (Fsp3) is 0.400. The van der Waals surface area contributed by atoms with Crippen LogP contribution in [0.4, 0.5) is 0 Å². The molecule has 5 heteroatoms. The molecule has 1 aromatic heterocycles. The maximum Gasteiger partial charge on any atom is 0.191 e. The van der Waals surface area contributed by atoms with Crippen LogP contribution in [0.1, 0.15) is 23.7 Å². The molecule has 0 saturated carbocycles. The summed E-state index contributed by atoms with van der Waals surface area (Å²) in [4.78, 5) is 8.90. The monoisotopic (exact) mass is 340 g/mol. The molecule has 1 heterocycles. The van der Waals surface area contributed by atoms with Crippen LogP contribution >= 0.6 is 0 Å². The minimum atomic E-state index is 0.594. The topological polar surface area (TPSA) is 58.5 Å². The van der Waals surface area contributed by atoms with Crippen molar-refractivity contribution in [2.75, 3.05) is 26.2 Å². The van der Waals surface area contributed by atoms with Crippen molar-refractivity contribution in [3.8, 4) is 5.75 Å². The highest BCUT2D eigenvalue weighted by molar-refractivity contribution is 5.79. The lowest BCUT2D eigenvalue weighted by Crippen LogP contribution is -2.39. The second-order valence-corrected chi connectivity index (χ2v) is 5.83. The van der Waals surface area contributed by atoms with Gasteiger partial charge in [-0.25, -0.2) is 0 Å². The SMILES string of the molecule is CCNC(=NCCc1ccccn1)NCCOc1c(C)cccc1C. The average molecular weight is 340 g/mol. The van der Waals surface area contributed by atoms with Crippen molar-refractivity contribution >= 4 is 5.96 Å². The molecule has 0 fully saturated rings. The first-order valence-corrected chi connectivity index (χ1v) is 8.81. The van der Waals surface area contributed by atoms with E-state index in [2.05, 4.69) is 53.5 Å². The molecule has 0 aliphatic carbocycles. The van der Waals surface area contributed by atoms with Gasteiger partial charge in [-0.15, -0.1) is 0 Å². The summed E-state index contributed by atoms with van der Waals surface area (Å²) in [5.41, 5.74) is 3.38. The molecule has 0 atom stereocenters. The normalized spacial score (nSPS) is 11.2. The first-order valence-electron chi connectivity index (χ1n) is 8.81. The zero-order valence-electron chi connectivity index (χ0n) is 15.4. The van der Waals surface area contributed by atoms with Crippen LogP contribution in [-0.4, -0.2) is 37.2 Å². The molecule has 0 aliphatic heterocycles. The Morgan fingerprint density at radius 2 is 1.88 bits per heavy atom. The minimum Gasteiger partial charge on any atom is -0.491 e. The Morgan fingerprint density at radius 3 is 2.56 bits per heavy atom. The second kappa shape index (κ2) is 10.3. The van der Waals surface area contributed by atoms with Crippen LogP contribution in [-0.2, 0) is 6.42 Å². The smallest absolute Gasteiger partial charge is 0.191 e. The van der Waals surface area contributed by atoms with Crippen LogP contribution in [0.25, 0.3) is 0 Å². The van der Waals surface area contributed by atoms with E-state index >= 15 is 0 Å². The van der Waals surface area contributed by atoms with Gasteiger partial charge in [0.2, 0.25) is 0 Å². The van der Waals surface area contributed by atoms with Gasteiger partial charge in [-0.2, -0.15) is 0 Å². The summed E-state index contributed by atoms with van der Waals surface area (Å²) in [6, 6.07) is 12.1. The Balaban J connectivity index is 1.78. The van der Waals surface area contributed by atoms with Gasteiger partial charge in [0.25, 0.3) is 0 Å². The number of aromatic nitrogens is 1. The van der Waals surface area contributed by atoms with Crippen molar-refractivity contribution < 1.29 is 4.74 Å². The van der Waals surface area contributed by atoms with Gasteiger partial charge in [0.15, 0.2) is 5.96 Å². The molecular formula is C20H28N4O. The van der Waals surface area contributed by atoms with Gasteiger partial charge in [0, 0.05) is 31.4 Å². The predicted octanol–water partition coefficient (Wildman–Crippen LogP) is 2.88. The summed E-state index contributed by atoms with van der Waals surface area (Å²) < 4.78 is 5.91. The van der Waals surface area contributed by atoms with Crippen molar-refractivity contribution in [3.05, 3.63) is 59.4 Å². The van der Waals surface area contributed by atoms with E-state index < -0.39 is 0 Å². The van der Waals surface area contributed by atoms with Gasteiger partial charge in [-0.1, -0.05) is 24.3 Å². The van der Waals surface area contributed by atoms with Crippen molar-refractivity contribution in [2.45, 2.75) is 27.2 Å². The lowest BCUT2D eigenvalue weighted by molar-refractivity contribution is 0.317. The number of rotatable bonds is 8. The van der Waals surface area contributed by atoms with Crippen LogP contribution in [0.2, 0.25) is 0 Å². The minimum absolute atomic E-state index is 0.594. The van der Waals surface area contributed by atoms with E-state index in [0.29, 0.717) is 19.7 Å². The molecule has 0 amide bonds. The summed E-state index contributed by atoms with van der Waals surface area (Å²) in [6.07, 6.45) is 2.64. The highest BCUT2D eigenvalue weighted by Gasteiger charge is 2.03. The molecule has 25 heavy (non-hydrogen) atoms. The average Bonchev–Trinajstić information content (AvgIpc) is 2.61. The molecule has 0 aliphatic rings. The molecular weight excluding hydrogens is 312 g/mol. The summed E-state index contributed by atoms with van der Waals surface area (Å²) >= 11 is 0. The molecule has 0 unspecified atom stereocenters. The largest absolute Gasteiger partial charge is 0.491 e. The van der Waals surface area contributed by atoms with Crippen molar-refractivity contribution in [1.29, 1.82) is 0 Å². The molecule has 134 valence electrons. The van der Waals surface area contributed by atoms with Gasteiger partial charge in [0.05, 0.1) is 6.54 Å². The van der Waals surface area contributed by atoms with E-state index in [-0.39, 0.29) is 0 Å². The molecule has 0 bridgehead atoms. The number of benzene rings is 1. The number of hydrogen-bond donors (Lipinski definition) is 2. The van der Waals surface area contributed by atoms with Crippen LogP contribution in [0, 0.1) is 13.8 Å². The Bertz CT molecular complexity index is 650. The van der Waals surface area contributed by atoms with E-state index in [4.69, 9.17) is 4.74 Å². The van der Waals surface area contributed by atoms with Gasteiger partial charge < -0.3 is 15.4 Å². The molecule has 2 rings (SSSR count). The quantitative estimate of drug-likeness (QED) is 0.441. The molecule has 0 saturated heterocycles. The number of guanidine groups is 1. The first kappa shape index (κ1) is 18.8. The summed E-state index contributed by atoms with van der Waals surface area (Å²) in [7, 11) is 0. The number of nitrogens with one attached hydrogen (secondary N) is 2. The van der Waals surface area contributed by atoms with Gasteiger partial charge in [-0.05, 0) is 44.0 Å². The van der Waals surface area contributed by atoms with Crippen molar-refractivity contribution in [3.63, 3.8) is 0 Å². The highest BCUT2D eigenvalue weighted by Crippen LogP contribution is 2.21. The van der Waals surface area contributed by atoms with E-state index in [1.165, 1.54) is 0 Å². The molecule has 2 N–H and O–H groups in total. The zero-order chi connectivity index (χ0) is 17.9. The number of pyridine rings is 1. The van der Waals surface area contributed by atoms with Crippen molar-refractivity contribution in [1.82, 2.24) is 15.6 Å². The van der Waals surface area contributed by atoms with Crippen molar-refractivity contribution in [2.24, 2.45) is 4.99 Å². The standard InChI is InChI=1S/C20H28N4O/c1-4-21-20(23-13-11-18-10-5-6-12-22-18)24-14-15-25-19-16(2)8-7-9-17(19)3/h5-10,12H,4,11,13-15H2,1-3H3,(H2,21,23,24). The third kappa shape index (κ3) is 6.45. The Kier molecular flexibility index (Phi) is 7.76. The lowest BCUT2D eigenvalue weighted by atomic mass is 10.1. The third-order valence-electron chi connectivity index (χ3n) is 3.76.